The Morgan fingerprint density at radius 1 is 1.56 bits per heavy atom. The smallest absolute Gasteiger partial charge is 0.305 e. The van der Waals surface area contributed by atoms with Crippen LogP contribution < -0.4 is 5.32 Å². The summed E-state index contributed by atoms with van der Waals surface area (Å²) in [5.74, 6) is -0.142. The monoisotopic (exact) mass is 242 g/mol. The van der Waals surface area contributed by atoms with Gasteiger partial charge in [0.2, 0.25) is 0 Å². The number of ether oxygens (including phenoxy) is 1. The molecule has 0 amide bonds. The van der Waals surface area contributed by atoms with E-state index in [1.165, 1.54) is 7.11 Å². The van der Waals surface area contributed by atoms with E-state index in [0.29, 0.717) is 6.42 Å². The fraction of sp³-hybridized carbons (Fsp3) is 0.636. The molecule has 4 nitrogen and oxygen atoms in total. The number of methoxy groups -OCH3 is 1. The molecule has 0 aliphatic heterocycles. The third-order valence-corrected chi connectivity index (χ3v) is 3.01. The number of nitrogens with zero attached hydrogens (tertiary/aromatic N) is 1. The van der Waals surface area contributed by atoms with Crippen molar-refractivity contribution < 1.29 is 9.53 Å². The first-order chi connectivity index (χ1) is 7.72. The Labute approximate surface area is 100 Å². The van der Waals surface area contributed by atoms with Crippen molar-refractivity contribution >= 4 is 17.3 Å². The van der Waals surface area contributed by atoms with Crippen LogP contribution in [-0.4, -0.2) is 31.2 Å². The summed E-state index contributed by atoms with van der Waals surface area (Å²) in [6.45, 7) is 3.76. The molecule has 0 aliphatic carbocycles. The molecule has 0 saturated heterocycles. The first-order valence-electron chi connectivity index (χ1n) is 5.41. The largest absolute Gasteiger partial charge is 0.469 e. The molecular weight excluding hydrogens is 224 g/mol. The number of nitrogens with one attached hydrogen (secondary N) is 1. The van der Waals surface area contributed by atoms with E-state index in [1.807, 2.05) is 6.92 Å². The van der Waals surface area contributed by atoms with E-state index in [4.69, 9.17) is 0 Å². The van der Waals surface area contributed by atoms with Gasteiger partial charge < -0.3 is 10.1 Å². The van der Waals surface area contributed by atoms with Crippen molar-refractivity contribution in [2.45, 2.75) is 26.2 Å². The first-order valence-corrected chi connectivity index (χ1v) is 6.29. The maximum Gasteiger partial charge on any atom is 0.305 e. The second-order valence-electron chi connectivity index (χ2n) is 3.54. The van der Waals surface area contributed by atoms with Gasteiger partial charge in [-0.05, 0) is 19.9 Å². The topological polar surface area (TPSA) is 51.2 Å². The molecule has 1 N–H and O–H groups in total. The van der Waals surface area contributed by atoms with Gasteiger partial charge in [-0.3, -0.25) is 4.79 Å². The number of aromatic nitrogens is 1. The number of hydrogen-bond acceptors (Lipinski definition) is 5. The van der Waals surface area contributed by atoms with Gasteiger partial charge in [0.25, 0.3) is 0 Å². The summed E-state index contributed by atoms with van der Waals surface area (Å²) < 4.78 is 4.55. The summed E-state index contributed by atoms with van der Waals surface area (Å²) in [6.07, 6.45) is 2.25. The normalized spacial score (nSPS) is 10.4. The van der Waals surface area contributed by atoms with Crippen LogP contribution in [0, 0.1) is 6.92 Å². The Bertz CT molecular complexity index is 326. The van der Waals surface area contributed by atoms with E-state index in [0.717, 1.165) is 36.6 Å². The highest BCUT2D eigenvalue weighted by Gasteiger charge is 2.00. The number of thiazole rings is 1. The van der Waals surface area contributed by atoms with E-state index >= 15 is 0 Å². The molecule has 0 aromatic carbocycles. The van der Waals surface area contributed by atoms with E-state index in [2.05, 4.69) is 20.4 Å². The molecule has 5 heteroatoms. The van der Waals surface area contributed by atoms with Gasteiger partial charge >= 0.3 is 5.97 Å². The lowest BCUT2D eigenvalue weighted by Gasteiger charge is -2.02. The number of aryl methyl sites for hydroxylation is 1. The molecule has 1 rings (SSSR count). The summed E-state index contributed by atoms with van der Waals surface area (Å²) in [5.41, 5.74) is 1.14. The molecule has 90 valence electrons. The van der Waals surface area contributed by atoms with Crippen LogP contribution >= 0.6 is 11.3 Å². The van der Waals surface area contributed by atoms with Crippen molar-refractivity contribution in [3.05, 3.63) is 16.1 Å². The molecule has 0 fully saturated rings. The van der Waals surface area contributed by atoms with Crippen molar-refractivity contribution in [1.82, 2.24) is 10.3 Å². The quantitative estimate of drug-likeness (QED) is 0.582. The Balaban J connectivity index is 1.98. The van der Waals surface area contributed by atoms with Crippen molar-refractivity contribution in [2.75, 3.05) is 20.2 Å². The maximum atomic E-state index is 10.8. The molecular formula is C11H18N2O2S. The zero-order valence-corrected chi connectivity index (χ0v) is 10.6. The van der Waals surface area contributed by atoms with Gasteiger partial charge in [0.1, 0.15) is 0 Å². The summed E-state index contributed by atoms with van der Waals surface area (Å²) in [7, 11) is 1.42. The fourth-order valence-corrected chi connectivity index (χ4v) is 1.97. The molecule has 0 spiro atoms. The minimum atomic E-state index is -0.142. The Morgan fingerprint density at radius 2 is 2.38 bits per heavy atom. The van der Waals surface area contributed by atoms with Crippen LogP contribution in [0.2, 0.25) is 0 Å². The number of esters is 1. The second-order valence-corrected chi connectivity index (χ2v) is 4.60. The van der Waals surface area contributed by atoms with E-state index < -0.39 is 0 Å². The zero-order valence-electron chi connectivity index (χ0n) is 9.78. The van der Waals surface area contributed by atoms with Crippen molar-refractivity contribution in [3.63, 3.8) is 0 Å². The highest BCUT2D eigenvalue weighted by molar-refractivity contribution is 7.09. The van der Waals surface area contributed by atoms with Gasteiger partial charge in [-0.2, -0.15) is 0 Å². The Morgan fingerprint density at radius 3 is 3.00 bits per heavy atom. The van der Waals surface area contributed by atoms with Gasteiger partial charge in [0.05, 0.1) is 17.8 Å². The molecule has 0 atom stereocenters. The summed E-state index contributed by atoms with van der Waals surface area (Å²) in [6, 6.07) is 0. The average molecular weight is 242 g/mol. The molecule has 0 radical (unpaired) electrons. The molecule has 16 heavy (non-hydrogen) atoms. The van der Waals surface area contributed by atoms with Crippen LogP contribution in [0.3, 0.4) is 0 Å². The standard InChI is InChI=1S/C11H18N2O2S/c1-9-13-10(8-16-9)5-7-12-6-3-4-11(14)15-2/h8,12H,3-7H2,1-2H3. The average Bonchev–Trinajstić information content (AvgIpc) is 2.69. The van der Waals surface area contributed by atoms with Crippen LogP contribution in [0.1, 0.15) is 23.5 Å². The van der Waals surface area contributed by atoms with Gasteiger partial charge in [-0.15, -0.1) is 11.3 Å². The van der Waals surface area contributed by atoms with Crippen LogP contribution in [-0.2, 0) is 16.0 Å². The number of carbonyl (C=O) groups excluding carboxylic acids is 1. The molecule has 0 bridgehead atoms. The van der Waals surface area contributed by atoms with Gasteiger partial charge in [-0.1, -0.05) is 0 Å². The highest BCUT2D eigenvalue weighted by Crippen LogP contribution is 2.07. The van der Waals surface area contributed by atoms with E-state index in [9.17, 15) is 4.79 Å². The third-order valence-electron chi connectivity index (χ3n) is 2.19. The molecule has 1 aromatic heterocycles. The maximum absolute atomic E-state index is 10.8. The summed E-state index contributed by atoms with van der Waals surface area (Å²) in [5, 5.41) is 6.48. The lowest BCUT2D eigenvalue weighted by molar-refractivity contribution is -0.140. The molecule has 0 saturated carbocycles. The number of hydrogen-bond donors (Lipinski definition) is 1. The predicted molar refractivity (Wildman–Crippen MR) is 64.7 cm³/mol. The summed E-state index contributed by atoms with van der Waals surface area (Å²) in [4.78, 5) is 15.2. The number of carbonyl (C=O) groups is 1. The molecule has 0 unspecified atom stereocenters. The molecule has 1 aromatic rings. The first kappa shape index (κ1) is 13.1. The highest BCUT2D eigenvalue weighted by atomic mass is 32.1. The van der Waals surface area contributed by atoms with E-state index in [1.54, 1.807) is 11.3 Å². The SMILES string of the molecule is COC(=O)CCCNCCc1csc(C)n1. The van der Waals surface area contributed by atoms with Crippen molar-refractivity contribution in [2.24, 2.45) is 0 Å². The third kappa shape index (κ3) is 5.23. The molecule has 1 heterocycles. The Kier molecular flexibility index (Phi) is 6.03. The molecule has 0 aliphatic rings. The van der Waals surface area contributed by atoms with Crippen LogP contribution in [0.25, 0.3) is 0 Å². The van der Waals surface area contributed by atoms with Crippen molar-refractivity contribution in [3.8, 4) is 0 Å². The van der Waals surface area contributed by atoms with Gasteiger partial charge in [0.15, 0.2) is 0 Å². The minimum Gasteiger partial charge on any atom is -0.469 e. The van der Waals surface area contributed by atoms with Crippen LogP contribution in [0.15, 0.2) is 5.38 Å². The minimum absolute atomic E-state index is 0.142. The fourth-order valence-electron chi connectivity index (χ4n) is 1.32. The lowest BCUT2D eigenvalue weighted by Crippen LogP contribution is -2.19. The Hall–Kier alpha value is -0.940. The lowest BCUT2D eigenvalue weighted by atomic mass is 10.3. The van der Waals surface area contributed by atoms with Crippen LogP contribution in [0.4, 0.5) is 0 Å². The van der Waals surface area contributed by atoms with E-state index in [-0.39, 0.29) is 5.97 Å². The predicted octanol–water partition coefficient (Wildman–Crippen LogP) is 1.54. The van der Waals surface area contributed by atoms with Crippen LogP contribution in [0.5, 0.6) is 0 Å². The second kappa shape index (κ2) is 7.35. The van der Waals surface area contributed by atoms with Crippen molar-refractivity contribution in [1.29, 1.82) is 0 Å². The summed E-state index contributed by atoms with van der Waals surface area (Å²) >= 11 is 1.68. The van der Waals surface area contributed by atoms with Gasteiger partial charge in [-0.25, -0.2) is 4.98 Å². The number of rotatable bonds is 7. The zero-order chi connectivity index (χ0) is 11.8. The van der Waals surface area contributed by atoms with Gasteiger partial charge in [0, 0.05) is 24.8 Å².